The van der Waals surface area contributed by atoms with Gasteiger partial charge in [-0.05, 0) is 56.4 Å². The molecule has 1 aromatic carbocycles. The highest BCUT2D eigenvalue weighted by Gasteiger charge is 2.14. The first-order valence-corrected chi connectivity index (χ1v) is 9.28. The van der Waals surface area contributed by atoms with Gasteiger partial charge in [0.1, 0.15) is 5.82 Å². The second-order valence-electron chi connectivity index (χ2n) is 6.52. The summed E-state index contributed by atoms with van der Waals surface area (Å²) in [6.07, 6.45) is 5.93. The molecular formula is C20H26N4O2. The van der Waals surface area contributed by atoms with E-state index < -0.39 is 0 Å². The lowest BCUT2D eigenvalue weighted by molar-refractivity contribution is 0.0947. The third kappa shape index (κ3) is 5.02. The molecule has 0 spiro atoms. The van der Waals surface area contributed by atoms with Gasteiger partial charge in [0, 0.05) is 31.3 Å². The van der Waals surface area contributed by atoms with E-state index in [4.69, 9.17) is 4.74 Å². The Labute approximate surface area is 154 Å². The number of nitrogens with zero attached hydrogens (tertiary/aromatic N) is 2. The zero-order valence-corrected chi connectivity index (χ0v) is 15.2. The number of nitrogens with one attached hydrogen (secondary N) is 2. The van der Waals surface area contributed by atoms with Crippen LogP contribution in [0.1, 0.15) is 42.5 Å². The summed E-state index contributed by atoms with van der Waals surface area (Å²) in [6, 6.07) is 11.2. The molecule has 3 rings (SSSR count). The molecule has 1 atom stereocenters. The van der Waals surface area contributed by atoms with Crippen LogP contribution in [0.2, 0.25) is 0 Å². The number of benzene rings is 1. The number of anilines is 1. The van der Waals surface area contributed by atoms with Crippen molar-refractivity contribution in [2.24, 2.45) is 0 Å². The number of hydrogen-bond donors (Lipinski definition) is 2. The highest BCUT2D eigenvalue weighted by molar-refractivity contribution is 5.95. The van der Waals surface area contributed by atoms with Crippen molar-refractivity contribution in [2.45, 2.75) is 38.2 Å². The van der Waals surface area contributed by atoms with Crippen LogP contribution in [0, 0.1) is 0 Å². The summed E-state index contributed by atoms with van der Waals surface area (Å²) in [4.78, 5) is 12.4. The third-order valence-corrected chi connectivity index (χ3v) is 4.60. The van der Waals surface area contributed by atoms with Crippen LogP contribution in [0.5, 0.6) is 0 Å². The molecule has 0 unspecified atom stereocenters. The lowest BCUT2D eigenvalue weighted by Crippen LogP contribution is -2.24. The molecule has 0 radical (unpaired) electrons. The summed E-state index contributed by atoms with van der Waals surface area (Å²) >= 11 is 0. The zero-order chi connectivity index (χ0) is 18.2. The van der Waals surface area contributed by atoms with Crippen LogP contribution in [0.15, 0.2) is 36.4 Å². The topological polar surface area (TPSA) is 76.1 Å². The molecule has 1 saturated heterocycles. The van der Waals surface area contributed by atoms with Gasteiger partial charge < -0.3 is 15.4 Å². The van der Waals surface area contributed by atoms with Gasteiger partial charge in [-0.2, -0.15) is 0 Å². The summed E-state index contributed by atoms with van der Waals surface area (Å²) in [5.41, 5.74) is 2.27. The molecule has 0 saturated carbocycles. The normalized spacial score (nSPS) is 16.4. The first kappa shape index (κ1) is 18.3. The second kappa shape index (κ2) is 9.29. The maximum atomic E-state index is 12.4. The molecule has 2 heterocycles. The molecule has 1 amide bonds. The maximum Gasteiger partial charge on any atom is 0.251 e. The van der Waals surface area contributed by atoms with Gasteiger partial charge in [0.25, 0.3) is 5.91 Å². The smallest absolute Gasteiger partial charge is 0.251 e. The number of rotatable bonds is 8. The van der Waals surface area contributed by atoms with Gasteiger partial charge in [-0.15, -0.1) is 10.2 Å². The SMILES string of the molecule is CNc1ccc(-c2cccc(C(=O)NCCCC[C@@H]3CCCO3)c2)nn1. The van der Waals surface area contributed by atoms with Crippen LogP contribution in [0.25, 0.3) is 11.3 Å². The van der Waals surface area contributed by atoms with E-state index in [1.165, 1.54) is 12.8 Å². The molecule has 2 N–H and O–H groups in total. The van der Waals surface area contributed by atoms with Crippen LogP contribution in [-0.4, -0.2) is 42.4 Å². The highest BCUT2D eigenvalue weighted by atomic mass is 16.5. The molecule has 6 heteroatoms. The van der Waals surface area contributed by atoms with E-state index in [9.17, 15) is 4.79 Å². The fourth-order valence-corrected chi connectivity index (χ4v) is 3.11. The van der Waals surface area contributed by atoms with Gasteiger partial charge in [0.2, 0.25) is 0 Å². The van der Waals surface area contributed by atoms with Crippen molar-refractivity contribution in [2.75, 3.05) is 25.5 Å². The van der Waals surface area contributed by atoms with E-state index in [2.05, 4.69) is 20.8 Å². The van der Waals surface area contributed by atoms with Crippen LogP contribution in [-0.2, 0) is 4.74 Å². The number of carbonyl (C=O) groups is 1. The minimum Gasteiger partial charge on any atom is -0.378 e. The Balaban J connectivity index is 1.49. The van der Waals surface area contributed by atoms with Crippen molar-refractivity contribution < 1.29 is 9.53 Å². The van der Waals surface area contributed by atoms with E-state index in [0.717, 1.165) is 37.1 Å². The predicted octanol–water partition coefficient (Wildman–Crippen LogP) is 3.26. The van der Waals surface area contributed by atoms with E-state index in [1.807, 2.05) is 36.4 Å². The third-order valence-electron chi connectivity index (χ3n) is 4.60. The Kier molecular flexibility index (Phi) is 6.55. The average molecular weight is 354 g/mol. The van der Waals surface area contributed by atoms with E-state index in [-0.39, 0.29) is 5.91 Å². The summed E-state index contributed by atoms with van der Waals surface area (Å²) in [5, 5.41) is 14.2. The number of hydrogen-bond acceptors (Lipinski definition) is 5. The molecule has 1 fully saturated rings. The summed E-state index contributed by atoms with van der Waals surface area (Å²) in [5.74, 6) is 0.662. The first-order chi connectivity index (χ1) is 12.8. The Hall–Kier alpha value is -2.47. The van der Waals surface area contributed by atoms with Crippen molar-refractivity contribution in [3.8, 4) is 11.3 Å². The highest BCUT2D eigenvalue weighted by Crippen LogP contribution is 2.19. The average Bonchev–Trinajstić information content (AvgIpc) is 3.21. The van der Waals surface area contributed by atoms with Crippen LogP contribution >= 0.6 is 0 Å². The summed E-state index contributed by atoms with van der Waals surface area (Å²) in [6.45, 7) is 1.59. The lowest BCUT2D eigenvalue weighted by atomic mass is 10.1. The Morgan fingerprint density at radius 3 is 2.88 bits per heavy atom. The maximum absolute atomic E-state index is 12.4. The standard InChI is InChI=1S/C20H26N4O2/c1-21-19-11-10-18(23-24-19)15-6-4-7-16(14-15)20(25)22-12-3-2-8-17-9-5-13-26-17/h4,6-7,10-11,14,17H,2-3,5,8-9,12-13H2,1H3,(H,21,24)(H,22,25)/t17-/m1/s1. The number of aromatic nitrogens is 2. The monoisotopic (exact) mass is 354 g/mol. The summed E-state index contributed by atoms with van der Waals surface area (Å²) in [7, 11) is 1.80. The van der Waals surface area contributed by atoms with Gasteiger partial charge in [-0.25, -0.2) is 0 Å². The van der Waals surface area contributed by atoms with Gasteiger partial charge >= 0.3 is 0 Å². The molecule has 0 aliphatic carbocycles. The molecule has 1 aromatic heterocycles. The Morgan fingerprint density at radius 2 is 2.15 bits per heavy atom. The van der Waals surface area contributed by atoms with Crippen molar-refractivity contribution in [3.05, 3.63) is 42.0 Å². The van der Waals surface area contributed by atoms with Crippen molar-refractivity contribution in [1.82, 2.24) is 15.5 Å². The molecule has 2 aromatic rings. The molecular weight excluding hydrogens is 328 g/mol. The predicted molar refractivity (Wildman–Crippen MR) is 102 cm³/mol. The molecule has 6 nitrogen and oxygen atoms in total. The lowest BCUT2D eigenvalue weighted by Gasteiger charge is -2.09. The number of unbranched alkanes of at least 4 members (excludes halogenated alkanes) is 1. The first-order valence-electron chi connectivity index (χ1n) is 9.28. The molecule has 138 valence electrons. The molecule has 26 heavy (non-hydrogen) atoms. The largest absolute Gasteiger partial charge is 0.378 e. The number of amides is 1. The zero-order valence-electron chi connectivity index (χ0n) is 15.2. The van der Waals surface area contributed by atoms with Crippen molar-refractivity contribution in [1.29, 1.82) is 0 Å². The molecule has 0 bridgehead atoms. The van der Waals surface area contributed by atoms with E-state index in [0.29, 0.717) is 24.0 Å². The van der Waals surface area contributed by atoms with Crippen LogP contribution in [0.4, 0.5) is 5.82 Å². The van der Waals surface area contributed by atoms with E-state index in [1.54, 1.807) is 7.05 Å². The van der Waals surface area contributed by atoms with Gasteiger partial charge in [0.15, 0.2) is 0 Å². The van der Waals surface area contributed by atoms with Crippen molar-refractivity contribution in [3.63, 3.8) is 0 Å². The number of ether oxygens (including phenoxy) is 1. The van der Waals surface area contributed by atoms with E-state index >= 15 is 0 Å². The van der Waals surface area contributed by atoms with Crippen LogP contribution < -0.4 is 10.6 Å². The van der Waals surface area contributed by atoms with Gasteiger partial charge in [0.05, 0.1) is 11.8 Å². The molecule has 1 aliphatic heterocycles. The van der Waals surface area contributed by atoms with Crippen LogP contribution in [0.3, 0.4) is 0 Å². The Bertz CT molecular complexity index is 712. The second-order valence-corrected chi connectivity index (χ2v) is 6.52. The van der Waals surface area contributed by atoms with Gasteiger partial charge in [-0.3, -0.25) is 4.79 Å². The Morgan fingerprint density at radius 1 is 1.23 bits per heavy atom. The van der Waals surface area contributed by atoms with Gasteiger partial charge in [-0.1, -0.05) is 12.1 Å². The minimum atomic E-state index is -0.0521. The summed E-state index contributed by atoms with van der Waals surface area (Å²) < 4.78 is 5.62. The fraction of sp³-hybridized carbons (Fsp3) is 0.450. The fourth-order valence-electron chi connectivity index (χ4n) is 3.11. The number of carbonyl (C=O) groups excluding carboxylic acids is 1. The minimum absolute atomic E-state index is 0.0521. The van der Waals surface area contributed by atoms with Crippen molar-refractivity contribution >= 4 is 11.7 Å². The molecule has 1 aliphatic rings. The quantitative estimate of drug-likeness (QED) is 0.712.